The highest BCUT2D eigenvalue weighted by atomic mass is 79.9. The first-order valence-electron chi connectivity index (χ1n) is 5.64. The van der Waals surface area contributed by atoms with Gasteiger partial charge in [-0.1, -0.05) is 6.92 Å². The van der Waals surface area contributed by atoms with E-state index in [0.717, 1.165) is 17.4 Å². The smallest absolute Gasteiger partial charge is 0.0950 e. The Morgan fingerprint density at radius 1 is 1.47 bits per heavy atom. The summed E-state index contributed by atoms with van der Waals surface area (Å²) in [6.07, 6.45) is 8.09. The van der Waals surface area contributed by atoms with Crippen LogP contribution in [-0.4, -0.2) is 11.5 Å². The fourth-order valence-corrected chi connectivity index (χ4v) is 2.24. The number of rotatable bonds is 5. The molecular formula is C13H15BrN2O. The molecule has 1 atom stereocenters. The van der Waals surface area contributed by atoms with Gasteiger partial charge < -0.3 is 9.73 Å². The van der Waals surface area contributed by atoms with E-state index in [2.05, 4.69) is 39.2 Å². The lowest BCUT2D eigenvalue weighted by Gasteiger charge is -2.16. The lowest BCUT2D eigenvalue weighted by atomic mass is 10.0. The van der Waals surface area contributed by atoms with Gasteiger partial charge in [-0.3, -0.25) is 4.98 Å². The number of nitrogens with zero attached hydrogens (tertiary/aromatic N) is 1. The minimum atomic E-state index is 0.273. The highest BCUT2D eigenvalue weighted by Gasteiger charge is 2.12. The van der Waals surface area contributed by atoms with Crippen molar-refractivity contribution in [1.29, 1.82) is 0 Å². The van der Waals surface area contributed by atoms with Crippen LogP contribution in [0.25, 0.3) is 0 Å². The van der Waals surface area contributed by atoms with Gasteiger partial charge in [0.25, 0.3) is 0 Å². The topological polar surface area (TPSA) is 38.1 Å². The molecule has 0 bridgehead atoms. The van der Waals surface area contributed by atoms with Crippen LogP contribution in [0.1, 0.15) is 24.1 Å². The van der Waals surface area contributed by atoms with Crippen LogP contribution in [0.15, 0.2) is 45.9 Å². The van der Waals surface area contributed by atoms with Gasteiger partial charge in [0, 0.05) is 28.5 Å². The predicted octanol–water partition coefficient (Wildman–Crippen LogP) is 3.33. The first-order chi connectivity index (χ1) is 8.29. The van der Waals surface area contributed by atoms with E-state index in [1.54, 1.807) is 18.7 Å². The molecule has 0 aliphatic heterocycles. The maximum atomic E-state index is 5.14. The molecule has 1 unspecified atom stereocenters. The Hall–Kier alpha value is -1.13. The fraction of sp³-hybridized carbons (Fsp3) is 0.308. The summed E-state index contributed by atoms with van der Waals surface area (Å²) in [6, 6.07) is 4.37. The van der Waals surface area contributed by atoms with Crippen molar-refractivity contribution in [3.63, 3.8) is 0 Å². The van der Waals surface area contributed by atoms with E-state index in [1.165, 1.54) is 11.1 Å². The molecular weight excluding hydrogens is 280 g/mol. The Bertz CT molecular complexity index is 456. The second-order valence-corrected chi connectivity index (χ2v) is 4.80. The molecule has 0 spiro atoms. The Morgan fingerprint density at radius 2 is 2.35 bits per heavy atom. The molecule has 0 radical (unpaired) electrons. The average Bonchev–Trinajstić information content (AvgIpc) is 2.82. The van der Waals surface area contributed by atoms with E-state index in [1.807, 2.05) is 12.3 Å². The number of likely N-dealkylation sites (N-methyl/N-ethyl adjacent to an activating group) is 1. The normalized spacial score (nSPS) is 12.6. The Morgan fingerprint density at radius 3 is 3.00 bits per heavy atom. The summed E-state index contributed by atoms with van der Waals surface area (Å²) in [6.45, 7) is 3.03. The van der Waals surface area contributed by atoms with Crippen LogP contribution in [0.3, 0.4) is 0 Å². The van der Waals surface area contributed by atoms with Gasteiger partial charge in [0.1, 0.15) is 0 Å². The van der Waals surface area contributed by atoms with Crippen molar-refractivity contribution in [3.8, 4) is 0 Å². The second-order valence-electron chi connectivity index (χ2n) is 3.88. The van der Waals surface area contributed by atoms with Crippen molar-refractivity contribution in [2.24, 2.45) is 0 Å². The molecule has 17 heavy (non-hydrogen) atoms. The number of nitrogens with one attached hydrogen (secondary N) is 1. The number of furan rings is 1. The molecule has 0 saturated carbocycles. The van der Waals surface area contributed by atoms with Gasteiger partial charge in [0.05, 0.1) is 12.5 Å². The molecule has 0 amide bonds. The molecule has 0 saturated heterocycles. The standard InChI is InChI=1S/C13H15BrN2O/c1-2-16-13(11-3-4-17-9-11)6-10-5-12(14)8-15-7-10/h3-5,7-9,13,16H,2,6H2,1H3. The molecule has 4 heteroatoms. The van der Waals surface area contributed by atoms with Crippen molar-refractivity contribution in [2.75, 3.05) is 6.54 Å². The van der Waals surface area contributed by atoms with Gasteiger partial charge in [-0.05, 0) is 46.6 Å². The van der Waals surface area contributed by atoms with Crippen molar-refractivity contribution in [2.45, 2.75) is 19.4 Å². The summed E-state index contributed by atoms with van der Waals surface area (Å²) in [7, 11) is 0. The molecule has 0 aliphatic carbocycles. The molecule has 0 aromatic carbocycles. The summed E-state index contributed by atoms with van der Waals surface area (Å²) < 4.78 is 6.15. The van der Waals surface area contributed by atoms with Crippen LogP contribution in [0.5, 0.6) is 0 Å². The molecule has 0 fully saturated rings. The van der Waals surface area contributed by atoms with Gasteiger partial charge in [-0.25, -0.2) is 0 Å². The number of aromatic nitrogens is 1. The first kappa shape index (κ1) is 12.3. The van der Waals surface area contributed by atoms with E-state index >= 15 is 0 Å². The SMILES string of the molecule is CCNC(Cc1cncc(Br)c1)c1ccoc1. The fourth-order valence-electron chi connectivity index (χ4n) is 1.83. The van der Waals surface area contributed by atoms with Gasteiger partial charge in [-0.2, -0.15) is 0 Å². The number of halogens is 1. The average molecular weight is 295 g/mol. The van der Waals surface area contributed by atoms with E-state index in [9.17, 15) is 0 Å². The number of pyridine rings is 1. The van der Waals surface area contributed by atoms with E-state index < -0.39 is 0 Å². The molecule has 1 N–H and O–H groups in total. The Balaban J connectivity index is 2.13. The zero-order valence-electron chi connectivity index (χ0n) is 9.69. The van der Waals surface area contributed by atoms with Crippen LogP contribution in [-0.2, 0) is 6.42 Å². The van der Waals surface area contributed by atoms with Crippen LogP contribution < -0.4 is 5.32 Å². The van der Waals surface area contributed by atoms with E-state index in [0.29, 0.717) is 0 Å². The van der Waals surface area contributed by atoms with Crippen molar-refractivity contribution >= 4 is 15.9 Å². The Kier molecular flexibility index (Phi) is 4.34. The summed E-state index contributed by atoms with van der Waals surface area (Å²) >= 11 is 3.44. The lowest BCUT2D eigenvalue weighted by Crippen LogP contribution is -2.22. The van der Waals surface area contributed by atoms with Gasteiger partial charge in [0.15, 0.2) is 0 Å². The van der Waals surface area contributed by atoms with Crippen molar-refractivity contribution < 1.29 is 4.42 Å². The third-order valence-electron chi connectivity index (χ3n) is 2.60. The van der Waals surface area contributed by atoms with Crippen LogP contribution in [0.4, 0.5) is 0 Å². The van der Waals surface area contributed by atoms with Crippen LogP contribution in [0.2, 0.25) is 0 Å². The number of hydrogen-bond acceptors (Lipinski definition) is 3. The quantitative estimate of drug-likeness (QED) is 0.919. The molecule has 2 aromatic heterocycles. The highest BCUT2D eigenvalue weighted by molar-refractivity contribution is 9.10. The minimum absolute atomic E-state index is 0.273. The zero-order valence-corrected chi connectivity index (χ0v) is 11.3. The largest absolute Gasteiger partial charge is 0.472 e. The Labute approximate surface area is 109 Å². The molecule has 2 aromatic rings. The third kappa shape index (κ3) is 3.41. The number of hydrogen-bond donors (Lipinski definition) is 1. The molecule has 2 heterocycles. The predicted molar refractivity (Wildman–Crippen MR) is 70.8 cm³/mol. The zero-order chi connectivity index (χ0) is 12.1. The molecule has 3 nitrogen and oxygen atoms in total. The van der Waals surface area contributed by atoms with Crippen molar-refractivity contribution in [3.05, 3.63) is 52.7 Å². The maximum Gasteiger partial charge on any atom is 0.0950 e. The van der Waals surface area contributed by atoms with E-state index in [4.69, 9.17) is 4.42 Å². The first-order valence-corrected chi connectivity index (χ1v) is 6.43. The summed E-state index contributed by atoms with van der Waals surface area (Å²) in [5.74, 6) is 0. The third-order valence-corrected chi connectivity index (χ3v) is 3.03. The second kappa shape index (κ2) is 5.98. The molecule has 2 rings (SSSR count). The van der Waals surface area contributed by atoms with Crippen LogP contribution >= 0.6 is 15.9 Å². The molecule has 90 valence electrons. The summed E-state index contributed by atoms with van der Waals surface area (Å²) in [5, 5.41) is 3.45. The minimum Gasteiger partial charge on any atom is -0.472 e. The molecule has 0 aliphatic rings. The van der Waals surface area contributed by atoms with Crippen molar-refractivity contribution in [1.82, 2.24) is 10.3 Å². The highest BCUT2D eigenvalue weighted by Crippen LogP contribution is 2.20. The van der Waals surface area contributed by atoms with Gasteiger partial charge in [-0.15, -0.1) is 0 Å². The summed E-state index contributed by atoms with van der Waals surface area (Å²) in [4.78, 5) is 4.18. The maximum absolute atomic E-state index is 5.14. The van der Waals surface area contributed by atoms with Gasteiger partial charge in [0.2, 0.25) is 0 Å². The summed E-state index contributed by atoms with van der Waals surface area (Å²) in [5.41, 5.74) is 2.37. The lowest BCUT2D eigenvalue weighted by molar-refractivity contribution is 0.524. The van der Waals surface area contributed by atoms with Crippen LogP contribution in [0, 0.1) is 0 Å². The monoisotopic (exact) mass is 294 g/mol. The van der Waals surface area contributed by atoms with Gasteiger partial charge >= 0.3 is 0 Å². The van der Waals surface area contributed by atoms with E-state index in [-0.39, 0.29) is 6.04 Å².